The van der Waals surface area contributed by atoms with Crippen molar-refractivity contribution in [3.05, 3.63) is 0 Å². The molecular weight excluding hydrogens is 270 g/mol. The molecule has 122 valence electrons. The molecule has 2 aliphatic rings. The monoisotopic (exact) mass is 300 g/mol. The molecule has 0 radical (unpaired) electrons. The van der Waals surface area contributed by atoms with Gasteiger partial charge in [0.15, 0.2) is 6.54 Å². The number of carbonyl (C=O) groups excluding carboxylic acids is 1. The Hall–Kier alpha value is -0.690. The normalized spacial score (nSPS) is 31.5. The Labute approximate surface area is 127 Å². The Kier molecular flexibility index (Phi) is 5.98. The summed E-state index contributed by atoms with van der Waals surface area (Å²) in [6, 6.07) is -0.244. The largest absolute Gasteiger partial charge is 0.389 e. The molecule has 2 rings (SSSR count). The molecule has 0 aromatic carbocycles. The SMILES string of the molecule is CCCC[N+]1(CC(=O)NC[C@H]2NC[C@H](O)[C@@H]2O)CCCC1. The van der Waals surface area contributed by atoms with Gasteiger partial charge in [-0.3, -0.25) is 4.79 Å². The Bertz CT molecular complexity index is 345. The molecule has 0 bridgehead atoms. The van der Waals surface area contributed by atoms with Gasteiger partial charge in [-0.1, -0.05) is 13.3 Å². The van der Waals surface area contributed by atoms with Gasteiger partial charge in [0, 0.05) is 25.9 Å². The minimum Gasteiger partial charge on any atom is -0.389 e. The zero-order valence-electron chi connectivity index (χ0n) is 13.1. The van der Waals surface area contributed by atoms with Crippen molar-refractivity contribution in [2.75, 3.05) is 39.3 Å². The van der Waals surface area contributed by atoms with Gasteiger partial charge in [0.1, 0.15) is 0 Å². The summed E-state index contributed by atoms with van der Waals surface area (Å²) in [5.74, 6) is 0.0587. The van der Waals surface area contributed by atoms with Crippen LogP contribution in [-0.4, -0.2) is 78.1 Å². The third-order valence-electron chi connectivity index (χ3n) is 4.89. The molecule has 2 aliphatic heterocycles. The van der Waals surface area contributed by atoms with Crippen LogP contribution in [0.2, 0.25) is 0 Å². The quantitative estimate of drug-likeness (QED) is 0.464. The van der Waals surface area contributed by atoms with Gasteiger partial charge in [-0.05, 0) is 6.42 Å². The Morgan fingerprint density at radius 2 is 2.05 bits per heavy atom. The number of rotatable bonds is 7. The molecule has 3 atom stereocenters. The number of likely N-dealkylation sites (tertiary alicyclic amines) is 1. The third-order valence-corrected chi connectivity index (χ3v) is 4.89. The van der Waals surface area contributed by atoms with Crippen LogP contribution in [0.5, 0.6) is 0 Å². The van der Waals surface area contributed by atoms with E-state index in [1.165, 1.54) is 19.3 Å². The maximum Gasteiger partial charge on any atom is 0.275 e. The number of nitrogens with zero attached hydrogens (tertiary/aromatic N) is 1. The van der Waals surface area contributed by atoms with E-state index in [9.17, 15) is 15.0 Å². The molecule has 0 aliphatic carbocycles. The van der Waals surface area contributed by atoms with Crippen LogP contribution in [0.1, 0.15) is 32.6 Å². The van der Waals surface area contributed by atoms with Gasteiger partial charge in [0.2, 0.25) is 0 Å². The van der Waals surface area contributed by atoms with E-state index >= 15 is 0 Å². The van der Waals surface area contributed by atoms with E-state index in [1.807, 2.05) is 0 Å². The number of aliphatic hydroxyl groups is 2. The number of carbonyl (C=O) groups is 1. The molecule has 2 heterocycles. The fraction of sp³-hybridized carbons (Fsp3) is 0.933. The van der Waals surface area contributed by atoms with E-state index in [1.54, 1.807) is 0 Å². The predicted octanol–water partition coefficient (Wildman–Crippen LogP) is -0.793. The van der Waals surface area contributed by atoms with Crippen LogP contribution in [0.15, 0.2) is 0 Å². The average Bonchev–Trinajstić information content (AvgIpc) is 3.04. The second kappa shape index (κ2) is 7.54. The summed E-state index contributed by atoms with van der Waals surface area (Å²) in [7, 11) is 0. The Balaban J connectivity index is 1.77. The molecule has 0 unspecified atom stereocenters. The first kappa shape index (κ1) is 16.7. The molecular formula is C15H30N3O3+. The van der Waals surface area contributed by atoms with E-state index in [0.717, 1.165) is 30.5 Å². The molecule has 2 fully saturated rings. The highest BCUT2D eigenvalue weighted by molar-refractivity contribution is 5.77. The van der Waals surface area contributed by atoms with E-state index < -0.39 is 12.2 Å². The summed E-state index contributed by atoms with van der Waals surface area (Å²) in [6.07, 6.45) is 3.24. The molecule has 0 spiro atoms. The summed E-state index contributed by atoms with van der Waals surface area (Å²) in [4.78, 5) is 12.2. The van der Waals surface area contributed by atoms with Crippen LogP contribution in [-0.2, 0) is 4.79 Å². The van der Waals surface area contributed by atoms with Crippen LogP contribution >= 0.6 is 0 Å². The average molecular weight is 300 g/mol. The van der Waals surface area contributed by atoms with Crippen LogP contribution < -0.4 is 10.6 Å². The number of amides is 1. The molecule has 1 amide bonds. The van der Waals surface area contributed by atoms with Crippen molar-refractivity contribution >= 4 is 5.91 Å². The van der Waals surface area contributed by atoms with E-state index in [-0.39, 0.29) is 11.9 Å². The number of quaternary nitrogens is 1. The van der Waals surface area contributed by atoms with Crippen LogP contribution in [0.25, 0.3) is 0 Å². The van der Waals surface area contributed by atoms with Crippen LogP contribution in [0.3, 0.4) is 0 Å². The fourth-order valence-electron chi connectivity index (χ4n) is 3.52. The second-order valence-electron chi connectivity index (χ2n) is 6.61. The van der Waals surface area contributed by atoms with Crippen LogP contribution in [0.4, 0.5) is 0 Å². The number of nitrogens with one attached hydrogen (secondary N) is 2. The van der Waals surface area contributed by atoms with Crippen molar-refractivity contribution < 1.29 is 19.5 Å². The summed E-state index contributed by atoms with van der Waals surface area (Å²) in [6.45, 7) is 6.80. The fourth-order valence-corrected chi connectivity index (χ4v) is 3.52. The summed E-state index contributed by atoms with van der Waals surface area (Å²) >= 11 is 0. The van der Waals surface area contributed by atoms with Gasteiger partial charge in [0.05, 0.1) is 37.9 Å². The first-order valence-corrected chi connectivity index (χ1v) is 8.28. The minimum atomic E-state index is -0.791. The number of aliphatic hydroxyl groups excluding tert-OH is 2. The minimum absolute atomic E-state index is 0.0587. The Morgan fingerprint density at radius 3 is 2.62 bits per heavy atom. The molecule has 21 heavy (non-hydrogen) atoms. The van der Waals surface area contributed by atoms with Gasteiger partial charge in [-0.25, -0.2) is 0 Å². The molecule has 0 aromatic heterocycles. The first-order chi connectivity index (χ1) is 10.1. The summed E-state index contributed by atoms with van der Waals surface area (Å²) in [5, 5.41) is 25.2. The van der Waals surface area contributed by atoms with E-state index in [2.05, 4.69) is 17.6 Å². The van der Waals surface area contributed by atoms with Gasteiger partial charge in [-0.2, -0.15) is 0 Å². The lowest BCUT2D eigenvalue weighted by molar-refractivity contribution is -0.909. The third kappa shape index (κ3) is 4.39. The second-order valence-corrected chi connectivity index (χ2v) is 6.61. The summed E-state index contributed by atoms with van der Waals surface area (Å²) < 4.78 is 0.920. The Morgan fingerprint density at radius 1 is 1.33 bits per heavy atom. The zero-order chi connectivity index (χ0) is 15.3. The number of hydrogen-bond acceptors (Lipinski definition) is 4. The van der Waals surface area contributed by atoms with Crippen molar-refractivity contribution in [3.63, 3.8) is 0 Å². The van der Waals surface area contributed by atoms with Crippen molar-refractivity contribution in [3.8, 4) is 0 Å². The van der Waals surface area contributed by atoms with Gasteiger partial charge in [-0.15, -0.1) is 0 Å². The van der Waals surface area contributed by atoms with E-state index in [4.69, 9.17) is 0 Å². The van der Waals surface area contributed by atoms with Crippen molar-refractivity contribution in [2.45, 2.75) is 50.9 Å². The molecule has 6 nitrogen and oxygen atoms in total. The highest BCUT2D eigenvalue weighted by Crippen LogP contribution is 2.20. The molecule has 2 saturated heterocycles. The maximum atomic E-state index is 12.2. The van der Waals surface area contributed by atoms with Gasteiger partial charge in [0.25, 0.3) is 5.91 Å². The standard InChI is InChI=1S/C15H29N3O3/c1-2-3-6-18(7-4-5-8-18)11-14(20)17-9-12-15(21)13(19)10-16-12/h12-13,15-16,19,21H,2-11H2,1H3/p+1/t12-,13+,15-/m1/s1. The van der Waals surface area contributed by atoms with Gasteiger partial charge >= 0.3 is 0 Å². The molecule has 0 aromatic rings. The van der Waals surface area contributed by atoms with Crippen molar-refractivity contribution in [2.24, 2.45) is 0 Å². The molecule has 6 heteroatoms. The smallest absolute Gasteiger partial charge is 0.275 e. The van der Waals surface area contributed by atoms with Crippen molar-refractivity contribution in [1.82, 2.24) is 10.6 Å². The lowest BCUT2D eigenvalue weighted by Gasteiger charge is -2.33. The molecule has 4 N–H and O–H groups in total. The number of hydrogen-bond donors (Lipinski definition) is 4. The summed E-state index contributed by atoms with van der Waals surface area (Å²) in [5.41, 5.74) is 0. The zero-order valence-corrected chi connectivity index (χ0v) is 13.1. The number of β-amino-alcohol motifs (C(OH)–C–C–N with tert-alkyl or cyclic N) is 1. The van der Waals surface area contributed by atoms with Gasteiger partial charge < -0.3 is 25.3 Å². The molecule has 0 saturated carbocycles. The first-order valence-electron chi connectivity index (χ1n) is 8.28. The predicted molar refractivity (Wildman–Crippen MR) is 80.7 cm³/mol. The van der Waals surface area contributed by atoms with Crippen LogP contribution in [0, 0.1) is 0 Å². The van der Waals surface area contributed by atoms with E-state index in [0.29, 0.717) is 19.6 Å². The highest BCUT2D eigenvalue weighted by Gasteiger charge is 2.35. The lowest BCUT2D eigenvalue weighted by Crippen LogP contribution is -2.53. The lowest BCUT2D eigenvalue weighted by atomic mass is 10.1. The highest BCUT2D eigenvalue weighted by atomic mass is 16.3. The maximum absolute atomic E-state index is 12.2. The number of unbranched alkanes of at least 4 members (excludes halogenated alkanes) is 1. The topological polar surface area (TPSA) is 81.6 Å². The van der Waals surface area contributed by atoms with Crippen molar-refractivity contribution in [1.29, 1.82) is 0 Å².